The standard InChI is InChI=1S/C55H46F6N12O3/c1-70(51-45(57)27-63-48(68-51)34-2-4-36-28-71(15-14-33(36)18-34)52(74)38-20-54(58,59)21-38)42-12-8-32(9-13-42)43-25-64-69-50(43)73-30-40(24-65-73)31-6-10-41(11-7-31)66-49-44(56)26-62-47(67-49)35-3-5-37-29-72(16-17-76-46(37)19-35)53(75)39-22-55(60,61)23-39/h2-13,18-19,24-27,30,38-39H,14-17,20-23,28-29H2,1H3,(H,64,69)(H,62,66,67). The van der Waals surface area contributed by atoms with Crippen LogP contribution < -0.4 is 15.0 Å². The summed E-state index contributed by atoms with van der Waals surface area (Å²) in [5, 5.41) is 15.1. The highest BCUT2D eigenvalue weighted by Crippen LogP contribution is 2.45. The van der Waals surface area contributed by atoms with Crippen LogP contribution in [-0.2, 0) is 29.1 Å². The molecule has 4 aromatic heterocycles. The first-order valence-corrected chi connectivity index (χ1v) is 24.7. The van der Waals surface area contributed by atoms with Gasteiger partial charge in [-0.2, -0.15) is 10.2 Å². The molecule has 12 rings (SSSR count). The number of aromatic nitrogens is 8. The van der Waals surface area contributed by atoms with Gasteiger partial charge in [0.15, 0.2) is 40.7 Å². The van der Waals surface area contributed by atoms with Crippen molar-refractivity contribution in [3.63, 3.8) is 0 Å². The summed E-state index contributed by atoms with van der Waals surface area (Å²) in [6.07, 6.45) is 6.41. The Morgan fingerprint density at radius 3 is 2.03 bits per heavy atom. The fourth-order valence-electron chi connectivity index (χ4n) is 10.2. The molecule has 2 aliphatic carbocycles. The molecule has 0 unspecified atom stereocenters. The van der Waals surface area contributed by atoms with E-state index in [4.69, 9.17) is 4.74 Å². The van der Waals surface area contributed by atoms with Crippen LogP contribution in [0.5, 0.6) is 5.75 Å². The van der Waals surface area contributed by atoms with Crippen molar-refractivity contribution in [2.75, 3.05) is 37.0 Å². The van der Waals surface area contributed by atoms with Crippen molar-refractivity contribution in [1.82, 2.24) is 49.7 Å². The zero-order valence-electron chi connectivity index (χ0n) is 40.7. The molecule has 4 aliphatic rings. The molecule has 386 valence electrons. The van der Waals surface area contributed by atoms with E-state index in [0.29, 0.717) is 65.0 Å². The minimum Gasteiger partial charge on any atom is -0.491 e. The van der Waals surface area contributed by atoms with Crippen LogP contribution in [0.1, 0.15) is 42.4 Å². The Bertz CT molecular complexity index is 3540. The molecule has 2 saturated carbocycles. The molecule has 0 saturated heterocycles. The molecule has 2 aliphatic heterocycles. The van der Waals surface area contributed by atoms with Crippen LogP contribution in [0.25, 0.3) is 50.8 Å². The lowest BCUT2D eigenvalue weighted by Gasteiger charge is -2.38. The van der Waals surface area contributed by atoms with E-state index in [1.54, 1.807) is 69.2 Å². The summed E-state index contributed by atoms with van der Waals surface area (Å²) in [6.45, 7) is 1.44. The number of fused-ring (bicyclic) bond motifs is 2. The van der Waals surface area contributed by atoms with Gasteiger partial charge in [0.1, 0.15) is 12.4 Å². The molecule has 0 spiro atoms. The zero-order chi connectivity index (χ0) is 52.5. The van der Waals surface area contributed by atoms with Gasteiger partial charge in [-0.05, 0) is 65.1 Å². The minimum atomic E-state index is -2.79. The zero-order valence-corrected chi connectivity index (χ0v) is 40.7. The molecular formula is C55H46F6N12O3. The first kappa shape index (κ1) is 48.3. The summed E-state index contributed by atoms with van der Waals surface area (Å²) in [7, 11) is 1.71. The SMILES string of the molecule is CN(c1ccc(-c2c[nH]nc2-n2cc(-c3ccc(Nc4nc(-c5ccc6c(c5)OCCN(C(=O)C5CC(F)(F)C5)C6)ncc4F)cc3)cn2)cc1)c1nc(-c2ccc3c(c2)CCN(C(=O)C2CC(F)(F)C2)C3)ncc1F. The van der Waals surface area contributed by atoms with Crippen LogP contribution in [0.15, 0.2) is 116 Å². The Hall–Kier alpha value is -8.62. The van der Waals surface area contributed by atoms with Crippen molar-refractivity contribution < 1.29 is 40.7 Å². The third-order valence-electron chi connectivity index (χ3n) is 14.5. The molecule has 2 fully saturated rings. The molecule has 0 bridgehead atoms. The molecule has 2 N–H and O–H groups in total. The van der Waals surface area contributed by atoms with Crippen LogP contribution in [-0.4, -0.2) is 100 Å². The molecular weight excluding hydrogens is 991 g/mol. The molecule has 8 aromatic rings. The highest BCUT2D eigenvalue weighted by molar-refractivity contribution is 5.81. The highest BCUT2D eigenvalue weighted by atomic mass is 19.3. The number of carbonyl (C=O) groups is 2. The second-order valence-electron chi connectivity index (χ2n) is 19.7. The Morgan fingerprint density at radius 2 is 1.32 bits per heavy atom. The molecule has 0 radical (unpaired) electrons. The number of rotatable bonds is 11. The summed E-state index contributed by atoms with van der Waals surface area (Å²) in [4.78, 5) is 48.2. The maximum Gasteiger partial charge on any atom is 0.249 e. The average molecular weight is 1040 g/mol. The molecule has 6 heterocycles. The molecule has 4 aromatic carbocycles. The molecule has 76 heavy (non-hydrogen) atoms. The number of H-pyrrole nitrogens is 1. The third-order valence-corrected chi connectivity index (χ3v) is 14.5. The number of alkyl halides is 4. The van der Waals surface area contributed by atoms with E-state index >= 15 is 8.78 Å². The van der Waals surface area contributed by atoms with E-state index in [0.717, 1.165) is 45.8 Å². The fourth-order valence-corrected chi connectivity index (χ4v) is 10.2. The summed E-state index contributed by atoms with van der Waals surface area (Å²) >= 11 is 0. The van der Waals surface area contributed by atoms with E-state index in [-0.39, 0.29) is 49.0 Å². The van der Waals surface area contributed by atoms with Gasteiger partial charge >= 0.3 is 0 Å². The Kier molecular flexibility index (Phi) is 12.0. The number of nitrogens with zero attached hydrogens (tertiary/aromatic N) is 10. The van der Waals surface area contributed by atoms with Crippen LogP contribution in [0.2, 0.25) is 0 Å². The maximum absolute atomic E-state index is 15.4. The van der Waals surface area contributed by atoms with Crippen LogP contribution >= 0.6 is 0 Å². The number of nitrogens with one attached hydrogen (secondary N) is 2. The third kappa shape index (κ3) is 9.45. The number of aromatic amines is 1. The van der Waals surface area contributed by atoms with Crippen LogP contribution in [0, 0.1) is 23.5 Å². The number of benzene rings is 4. The van der Waals surface area contributed by atoms with E-state index in [9.17, 15) is 27.2 Å². The van der Waals surface area contributed by atoms with Gasteiger partial charge in [0.2, 0.25) is 23.7 Å². The predicted molar refractivity (Wildman–Crippen MR) is 268 cm³/mol. The van der Waals surface area contributed by atoms with Crippen molar-refractivity contribution in [3.05, 3.63) is 144 Å². The van der Waals surface area contributed by atoms with Crippen LogP contribution in [0.4, 0.5) is 49.4 Å². The Labute approximate surface area is 430 Å². The monoisotopic (exact) mass is 1040 g/mol. The predicted octanol–water partition coefficient (Wildman–Crippen LogP) is 10.3. The van der Waals surface area contributed by atoms with Crippen molar-refractivity contribution in [3.8, 4) is 56.6 Å². The number of hydrogen-bond donors (Lipinski definition) is 2. The van der Waals surface area contributed by atoms with E-state index in [1.807, 2.05) is 60.8 Å². The van der Waals surface area contributed by atoms with Crippen molar-refractivity contribution in [2.24, 2.45) is 11.8 Å². The van der Waals surface area contributed by atoms with Crippen molar-refractivity contribution >= 4 is 34.8 Å². The molecule has 15 nitrogen and oxygen atoms in total. The molecule has 2 amide bonds. The fraction of sp³-hybridized carbons (Fsp3) is 0.273. The lowest BCUT2D eigenvalue weighted by atomic mass is 9.80. The topological polar surface area (TPSA) is 163 Å². The average Bonchev–Trinajstić information content (AvgIpc) is 4.07. The second kappa shape index (κ2) is 18.9. The number of ether oxygens (including phenoxy) is 1. The van der Waals surface area contributed by atoms with Crippen LogP contribution in [0.3, 0.4) is 0 Å². The van der Waals surface area contributed by atoms with E-state index in [1.165, 1.54) is 0 Å². The van der Waals surface area contributed by atoms with E-state index < -0.39 is 61.0 Å². The minimum absolute atomic E-state index is 0.0464. The molecule has 21 heteroatoms. The normalized spacial score (nSPS) is 16.9. The van der Waals surface area contributed by atoms with E-state index in [2.05, 4.69) is 40.5 Å². The first-order chi connectivity index (χ1) is 36.6. The van der Waals surface area contributed by atoms with Gasteiger partial charge in [0.25, 0.3) is 0 Å². The van der Waals surface area contributed by atoms with Gasteiger partial charge in [-0.3, -0.25) is 14.7 Å². The summed E-state index contributed by atoms with van der Waals surface area (Å²) in [6, 6.07) is 25.7. The lowest BCUT2D eigenvalue weighted by Crippen LogP contribution is -2.48. The molecule has 0 atom stereocenters. The smallest absolute Gasteiger partial charge is 0.249 e. The maximum atomic E-state index is 15.4. The summed E-state index contributed by atoms with van der Waals surface area (Å²) in [5.41, 5.74) is 8.29. The number of anilines is 4. The van der Waals surface area contributed by atoms with Gasteiger partial charge in [0.05, 0.1) is 25.1 Å². The summed E-state index contributed by atoms with van der Waals surface area (Å²) in [5.74, 6) is -7.06. The van der Waals surface area contributed by atoms with Gasteiger partial charge in [-0.1, -0.05) is 48.5 Å². The van der Waals surface area contributed by atoms with Gasteiger partial charge < -0.3 is 24.8 Å². The quantitative estimate of drug-likeness (QED) is 0.119. The van der Waals surface area contributed by atoms with Gasteiger partial charge in [-0.25, -0.2) is 51.0 Å². The number of hydrogen-bond acceptors (Lipinski definition) is 11. The second-order valence-corrected chi connectivity index (χ2v) is 19.7. The Balaban J connectivity index is 0.688. The Morgan fingerprint density at radius 1 is 0.697 bits per heavy atom. The first-order valence-electron chi connectivity index (χ1n) is 24.7. The lowest BCUT2D eigenvalue weighted by molar-refractivity contribution is -0.160. The van der Waals surface area contributed by atoms with Crippen molar-refractivity contribution in [2.45, 2.75) is 57.0 Å². The largest absolute Gasteiger partial charge is 0.491 e. The number of amides is 2. The number of halogens is 6. The van der Waals surface area contributed by atoms with Gasteiger partial charge in [-0.15, -0.1) is 0 Å². The van der Waals surface area contributed by atoms with Gasteiger partial charge in [0, 0.05) is 116 Å². The van der Waals surface area contributed by atoms with Crippen molar-refractivity contribution in [1.29, 1.82) is 0 Å². The number of carbonyl (C=O) groups excluding carboxylic acids is 2. The summed E-state index contributed by atoms with van der Waals surface area (Å²) < 4.78 is 92.0. The highest BCUT2D eigenvalue weighted by Gasteiger charge is 2.51.